The SMILES string of the molecule is CCCCCCCCNC(N)=NCCCN1CCN(c2ncccn2)CC1. The molecule has 1 fully saturated rings. The minimum Gasteiger partial charge on any atom is -0.370 e. The van der Waals surface area contributed by atoms with Gasteiger partial charge in [0.25, 0.3) is 0 Å². The molecule has 7 heteroatoms. The van der Waals surface area contributed by atoms with Crippen molar-refractivity contribution in [2.24, 2.45) is 10.7 Å². The van der Waals surface area contributed by atoms with Crippen molar-refractivity contribution in [3.63, 3.8) is 0 Å². The summed E-state index contributed by atoms with van der Waals surface area (Å²) in [5.74, 6) is 1.43. The normalized spacial score (nSPS) is 15.9. The van der Waals surface area contributed by atoms with Gasteiger partial charge in [-0.2, -0.15) is 0 Å². The number of piperazine rings is 1. The highest BCUT2D eigenvalue weighted by Gasteiger charge is 2.17. The first kappa shape index (κ1) is 21.4. The number of nitrogens with two attached hydrogens (primary N) is 1. The van der Waals surface area contributed by atoms with Crippen LogP contribution in [0.4, 0.5) is 5.95 Å². The molecule has 1 aliphatic rings. The highest BCUT2D eigenvalue weighted by molar-refractivity contribution is 5.77. The smallest absolute Gasteiger partial charge is 0.225 e. The molecule has 0 bridgehead atoms. The van der Waals surface area contributed by atoms with E-state index in [9.17, 15) is 0 Å². The van der Waals surface area contributed by atoms with Crippen LogP contribution in [-0.2, 0) is 0 Å². The lowest BCUT2D eigenvalue weighted by molar-refractivity contribution is 0.255. The summed E-state index contributed by atoms with van der Waals surface area (Å²) in [4.78, 5) is 17.8. The first-order valence-electron chi connectivity index (χ1n) is 10.6. The molecule has 0 aliphatic carbocycles. The molecule has 1 aromatic rings. The Balaban J connectivity index is 1.48. The Morgan fingerprint density at radius 1 is 1.04 bits per heavy atom. The molecule has 152 valence electrons. The summed E-state index contributed by atoms with van der Waals surface area (Å²) in [6.07, 6.45) is 12.4. The van der Waals surface area contributed by atoms with Gasteiger partial charge in [-0.15, -0.1) is 0 Å². The second-order valence-electron chi connectivity index (χ2n) is 7.19. The van der Waals surface area contributed by atoms with Crippen LogP contribution in [-0.4, -0.2) is 66.6 Å². The van der Waals surface area contributed by atoms with Gasteiger partial charge in [-0.1, -0.05) is 39.0 Å². The van der Waals surface area contributed by atoms with E-state index in [1.807, 2.05) is 6.07 Å². The van der Waals surface area contributed by atoms with Gasteiger partial charge in [0.1, 0.15) is 0 Å². The zero-order chi connectivity index (χ0) is 19.2. The zero-order valence-electron chi connectivity index (χ0n) is 16.9. The van der Waals surface area contributed by atoms with E-state index in [1.165, 1.54) is 38.5 Å². The summed E-state index contributed by atoms with van der Waals surface area (Å²) in [5.41, 5.74) is 5.94. The lowest BCUT2D eigenvalue weighted by atomic mass is 10.1. The highest BCUT2D eigenvalue weighted by atomic mass is 15.3. The maximum Gasteiger partial charge on any atom is 0.225 e. The lowest BCUT2D eigenvalue weighted by Crippen LogP contribution is -2.47. The number of guanidine groups is 1. The number of aromatic nitrogens is 2. The molecule has 7 nitrogen and oxygen atoms in total. The molecule has 1 aliphatic heterocycles. The minimum atomic E-state index is 0.592. The molecule has 2 rings (SSSR count). The van der Waals surface area contributed by atoms with Crippen LogP contribution in [0.15, 0.2) is 23.5 Å². The number of hydrogen-bond acceptors (Lipinski definition) is 5. The van der Waals surface area contributed by atoms with Crippen LogP contribution in [0.25, 0.3) is 0 Å². The van der Waals surface area contributed by atoms with Gasteiger partial charge in [0, 0.05) is 58.2 Å². The molecule has 1 saturated heterocycles. The Kier molecular flexibility index (Phi) is 10.6. The summed E-state index contributed by atoms with van der Waals surface area (Å²) in [6, 6.07) is 1.86. The van der Waals surface area contributed by atoms with Crippen molar-refractivity contribution < 1.29 is 0 Å². The quantitative estimate of drug-likeness (QED) is 0.331. The average molecular weight is 376 g/mol. The fourth-order valence-corrected chi connectivity index (χ4v) is 3.30. The van der Waals surface area contributed by atoms with Gasteiger partial charge >= 0.3 is 0 Å². The molecule has 0 amide bonds. The second-order valence-corrected chi connectivity index (χ2v) is 7.19. The van der Waals surface area contributed by atoms with E-state index >= 15 is 0 Å². The van der Waals surface area contributed by atoms with Crippen LogP contribution in [0.2, 0.25) is 0 Å². The van der Waals surface area contributed by atoms with E-state index in [0.29, 0.717) is 5.96 Å². The lowest BCUT2D eigenvalue weighted by Gasteiger charge is -2.34. The third-order valence-corrected chi connectivity index (χ3v) is 4.96. The van der Waals surface area contributed by atoms with Gasteiger partial charge in [-0.05, 0) is 18.9 Å². The van der Waals surface area contributed by atoms with Gasteiger partial charge in [0.15, 0.2) is 5.96 Å². The third-order valence-electron chi connectivity index (χ3n) is 4.96. The Labute approximate surface area is 164 Å². The summed E-state index contributed by atoms with van der Waals surface area (Å²) in [7, 11) is 0. The van der Waals surface area contributed by atoms with Crippen LogP contribution in [0, 0.1) is 0 Å². The predicted octanol–water partition coefficient (Wildman–Crippen LogP) is 2.25. The number of aliphatic imine (C=N–C) groups is 1. The van der Waals surface area contributed by atoms with Gasteiger partial charge < -0.3 is 16.0 Å². The topological polar surface area (TPSA) is 82.7 Å². The fraction of sp³-hybridized carbons (Fsp3) is 0.750. The molecular formula is C20H37N7. The van der Waals surface area contributed by atoms with Gasteiger partial charge in [0.05, 0.1) is 0 Å². The van der Waals surface area contributed by atoms with Gasteiger partial charge in [0.2, 0.25) is 5.95 Å². The van der Waals surface area contributed by atoms with Crippen LogP contribution in [0.5, 0.6) is 0 Å². The molecular weight excluding hydrogens is 338 g/mol. The van der Waals surface area contributed by atoms with E-state index in [1.54, 1.807) is 12.4 Å². The van der Waals surface area contributed by atoms with Crippen molar-refractivity contribution in [3.8, 4) is 0 Å². The van der Waals surface area contributed by atoms with Crippen molar-refractivity contribution in [1.82, 2.24) is 20.2 Å². The summed E-state index contributed by atoms with van der Waals surface area (Å²) in [5, 5.41) is 3.23. The van der Waals surface area contributed by atoms with E-state index in [0.717, 1.165) is 58.2 Å². The van der Waals surface area contributed by atoms with Crippen LogP contribution < -0.4 is 16.0 Å². The number of nitrogens with one attached hydrogen (secondary N) is 1. The Morgan fingerprint density at radius 3 is 2.48 bits per heavy atom. The van der Waals surface area contributed by atoms with Gasteiger partial charge in [-0.3, -0.25) is 9.89 Å². The molecule has 2 heterocycles. The number of hydrogen-bond donors (Lipinski definition) is 2. The first-order chi connectivity index (χ1) is 13.3. The van der Waals surface area contributed by atoms with Crippen molar-refractivity contribution in [3.05, 3.63) is 18.5 Å². The van der Waals surface area contributed by atoms with Crippen molar-refractivity contribution in [2.75, 3.05) is 50.7 Å². The van der Waals surface area contributed by atoms with E-state index in [2.05, 4.69) is 37.0 Å². The number of rotatable bonds is 12. The number of unbranched alkanes of at least 4 members (excludes halogenated alkanes) is 5. The highest BCUT2D eigenvalue weighted by Crippen LogP contribution is 2.09. The Morgan fingerprint density at radius 2 is 1.74 bits per heavy atom. The monoisotopic (exact) mass is 375 g/mol. The second kappa shape index (κ2) is 13.3. The van der Waals surface area contributed by atoms with E-state index in [-0.39, 0.29) is 0 Å². The fourth-order valence-electron chi connectivity index (χ4n) is 3.30. The molecule has 3 N–H and O–H groups in total. The third kappa shape index (κ3) is 9.04. The maximum absolute atomic E-state index is 5.94. The van der Waals surface area contributed by atoms with Crippen molar-refractivity contribution in [2.45, 2.75) is 51.9 Å². The molecule has 0 spiro atoms. The van der Waals surface area contributed by atoms with Crippen LogP contribution in [0.1, 0.15) is 51.9 Å². The largest absolute Gasteiger partial charge is 0.370 e. The molecule has 27 heavy (non-hydrogen) atoms. The summed E-state index contributed by atoms with van der Waals surface area (Å²) < 4.78 is 0. The standard InChI is InChI=1S/C20H37N7/c1-2-3-4-5-6-7-10-22-19(21)23-13-9-14-26-15-17-27(18-16-26)20-24-11-8-12-25-20/h8,11-12H,2-7,9-10,13-18H2,1H3,(H3,21,22,23). The van der Waals surface area contributed by atoms with Crippen molar-refractivity contribution >= 4 is 11.9 Å². The van der Waals surface area contributed by atoms with Crippen LogP contribution >= 0.6 is 0 Å². The van der Waals surface area contributed by atoms with E-state index in [4.69, 9.17) is 5.73 Å². The molecule has 0 unspecified atom stereocenters. The zero-order valence-corrected chi connectivity index (χ0v) is 16.9. The summed E-state index contributed by atoms with van der Waals surface area (Å²) in [6.45, 7) is 9.10. The first-order valence-corrected chi connectivity index (χ1v) is 10.6. The van der Waals surface area contributed by atoms with E-state index < -0.39 is 0 Å². The molecule has 0 saturated carbocycles. The van der Waals surface area contributed by atoms with Gasteiger partial charge in [-0.25, -0.2) is 9.97 Å². The molecule has 1 aromatic heterocycles. The Hall–Kier alpha value is -1.89. The molecule has 0 atom stereocenters. The molecule has 0 aromatic carbocycles. The van der Waals surface area contributed by atoms with Crippen LogP contribution in [0.3, 0.4) is 0 Å². The average Bonchev–Trinajstić information content (AvgIpc) is 2.72. The molecule has 0 radical (unpaired) electrons. The number of nitrogens with zero attached hydrogens (tertiary/aromatic N) is 5. The summed E-state index contributed by atoms with van der Waals surface area (Å²) >= 11 is 0. The number of anilines is 1. The van der Waals surface area contributed by atoms with Crippen molar-refractivity contribution in [1.29, 1.82) is 0 Å². The Bertz CT molecular complexity index is 512. The maximum atomic E-state index is 5.94. The minimum absolute atomic E-state index is 0.592. The predicted molar refractivity (Wildman–Crippen MR) is 113 cm³/mol.